The highest BCUT2D eigenvalue weighted by molar-refractivity contribution is 5.81. The topological polar surface area (TPSA) is 63.3 Å². The lowest BCUT2D eigenvalue weighted by Crippen LogP contribution is -2.35. The van der Waals surface area contributed by atoms with Gasteiger partial charge in [-0.15, -0.1) is 0 Å². The molecular formula is C14H19NO2. The molecule has 0 aliphatic heterocycles. The molecule has 3 N–H and O–H groups in total. The Hall–Kier alpha value is -1.51. The number of hydrogen-bond acceptors (Lipinski definition) is 2. The molecule has 0 heterocycles. The van der Waals surface area contributed by atoms with Crippen LogP contribution in [0.2, 0.25) is 0 Å². The van der Waals surface area contributed by atoms with E-state index in [9.17, 15) is 9.90 Å². The molecule has 0 atom stereocenters. The van der Waals surface area contributed by atoms with Gasteiger partial charge in [0.15, 0.2) is 0 Å². The predicted molar refractivity (Wildman–Crippen MR) is 67.9 cm³/mol. The largest absolute Gasteiger partial charge is 0.481 e. The highest BCUT2D eigenvalue weighted by atomic mass is 16.4. The summed E-state index contributed by atoms with van der Waals surface area (Å²) in [5.74, 6) is -0.691. The Kier molecular flexibility index (Phi) is 3.36. The highest BCUT2D eigenvalue weighted by Gasteiger charge is 2.40. The zero-order valence-corrected chi connectivity index (χ0v) is 9.98. The van der Waals surface area contributed by atoms with E-state index in [2.05, 4.69) is 0 Å². The van der Waals surface area contributed by atoms with Crippen LogP contribution in [0.3, 0.4) is 0 Å². The van der Waals surface area contributed by atoms with Gasteiger partial charge < -0.3 is 10.8 Å². The maximum absolute atomic E-state index is 11.7. The Morgan fingerprint density at radius 2 is 1.59 bits per heavy atom. The van der Waals surface area contributed by atoms with E-state index in [-0.39, 0.29) is 0 Å². The molecule has 0 amide bonds. The van der Waals surface area contributed by atoms with Crippen LogP contribution in [0.15, 0.2) is 24.3 Å². The molecule has 1 aliphatic rings. The first-order chi connectivity index (χ1) is 8.15. The summed E-state index contributed by atoms with van der Waals surface area (Å²) in [6.07, 6.45) is 5.76. The normalized spacial score (nSPS) is 19.5. The zero-order valence-electron chi connectivity index (χ0n) is 9.98. The molecule has 1 saturated carbocycles. The van der Waals surface area contributed by atoms with Gasteiger partial charge in [-0.25, -0.2) is 0 Å². The van der Waals surface area contributed by atoms with Crippen molar-refractivity contribution in [3.05, 3.63) is 29.8 Å². The van der Waals surface area contributed by atoms with Crippen molar-refractivity contribution in [1.82, 2.24) is 0 Å². The molecule has 2 rings (SSSR count). The number of nitrogen functional groups attached to an aromatic ring is 1. The number of hydrogen-bond donors (Lipinski definition) is 2. The van der Waals surface area contributed by atoms with E-state index in [1.807, 2.05) is 12.1 Å². The Bertz CT molecular complexity index is 389. The summed E-state index contributed by atoms with van der Waals surface area (Å²) in [5, 5.41) is 9.61. The van der Waals surface area contributed by atoms with Gasteiger partial charge in [0.05, 0.1) is 5.41 Å². The predicted octanol–water partition coefficient (Wildman–Crippen LogP) is 2.95. The molecule has 1 aromatic rings. The first kappa shape index (κ1) is 12.0. The summed E-state index contributed by atoms with van der Waals surface area (Å²) in [6, 6.07) is 7.33. The van der Waals surface area contributed by atoms with Gasteiger partial charge in [-0.2, -0.15) is 0 Å². The second kappa shape index (κ2) is 4.78. The smallest absolute Gasteiger partial charge is 0.314 e. The van der Waals surface area contributed by atoms with Crippen molar-refractivity contribution in [3.8, 4) is 0 Å². The lowest BCUT2D eigenvalue weighted by molar-refractivity contribution is -0.144. The van der Waals surface area contributed by atoms with E-state index in [0.717, 1.165) is 44.1 Å². The van der Waals surface area contributed by atoms with E-state index >= 15 is 0 Å². The molecule has 17 heavy (non-hydrogen) atoms. The van der Waals surface area contributed by atoms with Gasteiger partial charge in [0.25, 0.3) is 0 Å². The summed E-state index contributed by atoms with van der Waals surface area (Å²) in [6.45, 7) is 0. The monoisotopic (exact) mass is 233 g/mol. The minimum atomic E-state index is -0.691. The van der Waals surface area contributed by atoms with Gasteiger partial charge in [0.1, 0.15) is 0 Å². The molecule has 3 heteroatoms. The zero-order chi connectivity index (χ0) is 12.3. The minimum absolute atomic E-state index is 0.683. The number of carboxylic acid groups (broad SMARTS) is 1. The average Bonchev–Trinajstić information content (AvgIpc) is 2.56. The second-order valence-electron chi connectivity index (χ2n) is 4.92. The lowest BCUT2D eigenvalue weighted by Gasteiger charge is -2.28. The van der Waals surface area contributed by atoms with Crippen LogP contribution in [-0.2, 0) is 10.2 Å². The number of rotatable bonds is 2. The molecule has 3 nitrogen and oxygen atoms in total. The van der Waals surface area contributed by atoms with Crippen molar-refractivity contribution in [1.29, 1.82) is 0 Å². The molecule has 0 aromatic heterocycles. The number of carbonyl (C=O) groups is 1. The van der Waals surface area contributed by atoms with E-state index in [1.54, 1.807) is 12.1 Å². The quantitative estimate of drug-likeness (QED) is 0.609. The molecule has 1 aliphatic carbocycles. The van der Waals surface area contributed by atoms with Crippen LogP contribution in [0, 0.1) is 0 Å². The van der Waals surface area contributed by atoms with Gasteiger partial charge in [0.2, 0.25) is 0 Å². The third kappa shape index (κ3) is 2.28. The number of carboxylic acids is 1. The highest BCUT2D eigenvalue weighted by Crippen LogP contribution is 2.38. The molecule has 92 valence electrons. The summed E-state index contributed by atoms with van der Waals surface area (Å²) in [4.78, 5) is 11.7. The van der Waals surface area contributed by atoms with Crippen molar-refractivity contribution >= 4 is 11.7 Å². The van der Waals surface area contributed by atoms with Gasteiger partial charge >= 0.3 is 5.97 Å². The van der Waals surface area contributed by atoms with Crippen molar-refractivity contribution in [2.24, 2.45) is 0 Å². The van der Waals surface area contributed by atoms with Crippen LogP contribution in [0.25, 0.3) is 0 Å². The number of aliphatic carboxylic acids is 1. The molecule has 1 aromatic carbocycles. The van der Waals surface area contributed by atoms with Gasteiger partial charge in [-0.3, -0.25) is 4.79 Å². The Morgan fingerprint density at radius 1 is 1.06 bits per heavy atom. The van der Waals surface area contributed by atoms with Crippen LogP contribution in [0.5, 0.6) is 0 Å². The van der Waals surface area contributed by atoms with E-state index in [4.69, 9.17) is 5.73 Å². The second-order valence-corrected chi connectivity index (χ2v) is 4.92. The van der Waals surface area contributed by atoms with Crippen molar-refractivity contribution in [2.45, 2.75) is 43.9 Å². The number of anilines is 1. The van der Waals surface area contributed by atoms with E-state index < -0.39 is 11.4 Å². The Labute approximate surface area is 102 Å². The van der Waals surface area contributed by atoms with Crippen molar-refractivity contribution in [2.75, 3.05) is 5.73 Å². The Morgan fingerprint density at radius 3 is 2.06 bits per heavy atom. The maximum atomic E-state index is 11.7. The molecule has 0 unspecified atom stereocenters. The first-order valence-electron chi connectivity index (χ1n) is 6.24. The van der Waals surface area contributed by atoms with E-state index in [0.29, 0.717) is 5.69 Å². The molecule has 0 radical (unpaired) electrons. The fraction of sp³-hybridized carbons (Fsp3) is 0.500. The molecule has 0 spiro atoms. The molecule has 0 bridgehead atoms. The van der Waals surface area contributed by atoms with E-state index in [1.165, 1.54) is 0 Å². The van der Waals surface area contributed by atoms with Crippen LogP contribution in [0.1, 0.15) is 44.1 Å². The van der Waals surface area contributed by atoms with Gasteiger partial charge in [-0.05, 0) is 30.5 Å². The lowest BCUT2D eigenvalue weighted by atomic mass is 9.74. The summed E-state index contributed by atoms with van der Waals surface area (Å²) in [5.41, 5.74) is 6.56. The van der Waals surface area contributed by atoms with Crippen molar-refractivity contribution in [3.63, 3.8) is 0 Å². The van der Waals surface area contributed by atoms with Gasteiger partial charge in [-0.1, -0.05) is 37.8 Å². The third-order valence-electron chi connectivity index (χ3n) is 3.83. The van der Waals surface area contributed by atoms with Crippen LogP contribution >= 0.6 is 0 Å². The van der Waals surface area contributed by atoms with Crippen LogP contribution in [-0.4, -0.2) is 11.1 Å². The van der Waals surface area contributed by atoms with Crippen LogP contribution in [0.4, 0.5) is 5.69 Å². The number of benzene rings is 1. The number of nitrogens with two attached hydrogens (primary N) is 1. The molecule has 1 fully saturated rings. The Balaban J connectivity index is 2.39. The van der Waals surface area contributed by atoms with Crippen molar-refractivity contribution < 1.29 is 9.90 Å². The summed E-state index contributed by atoms with van der Waals surface area (Å²) in [7, 11) is 0. The minimum Gasteiger partial charge on any atom is -0.481 e. The standard InChI is InChI=1S/C14H19NO2/c15-12-7-5-11(6-8-12)14(13(16)17)9-3-1-2-4-10-14/h5-8H,1-4,9-10,15H2,(H,16,17). The summed E-state index contributed by atoms with van der Waals surface area (Å²) < 4.78 is 0. The average molecular weight is 233 g/mol. The fourth-order valence-electron chi connectivity index (χ4n) is 2.76. The first-order valence-corrected chi connectivity index (χ1v) is 6.24. The summed E-state index contributed by atoms with van der Waals surface area (Å²) >= 11 is 0. The SMILES string of the molecule is Nc1ccc(C2(C(=O)O)CCCCCC2)cc1. The van der Waals surface area contributed by atoms with Gasteiger partial charge in [0, 0.05) is 5.69 Å². The van der Waals surface area contributed by atoms with Crippen LogP contribution < -0.4 is 5.73 Å². The molecule has 0 saturated heterocycles. The molecular weight excluding hydrogens is 214 g/mol. The third-order valence-corrected chi connectivity index (χ3v) is 3.83. The fourth-order valence-corrected chi connectivity index (χ4v) is 2.76. The maximum Gasteiger partial charge on any atom is 0.314 e.